The molecule has 0 aliphatic rings. The fraction of sp³-hybridized carbons (Fsp3) is 0.125. The predicted molar refractivity (Wildman–Crippen MR) is 88.4 cm³/mol. The molecule has 2 N–H and O–H groups in total. The third-order valence-electron chi connectivity index (χ3n) is 3.34. The smallest absolute Gasteiger partial charge is 0.153 e. The Morgan fingerprint density at radius 2 is 1.95 bits per heavy atom. The highest BCUT2D eigenvalue weighted by molar-refractivity contribution is 9.10. The number of aromatic nitrogens is 3. The number of benzene rings is 1. The molecule has 0 atom stereocenters. The van der Waals surface area contributed by atoms with E-state index in [4.69, 9.17) is 5.73 Å². The molecular formula is C16H15BrN4. The van der Waals surface area contributed by atoms with Crippen LogP contribution in [-0.4, -0.2) is 14.8 Å². The van der Waals surface area contributed by atoms with Gasteiger partial charge in [0.2, 0.25) is 0 Å². The number of halogens is 1. The average Bonchev–Trinajstić information content (AvgIpc) is 2.84. The number of nitrogens with two attached hydrogens (primary N) is 1. The van der Waals surface area contributed by atoms with E-state index in [1.54, 1.807) is 17.1 Å². The second kappa shape index (κ2) is 5.33. The monoisotopic (exact) mass is 342 g/mol. The van der Waals surface area contributed by atoms with E-state index in [9.17, 15) is 0 Å². The van der Waals surface area contributed by atoms with Crippen molar-refractivity contribution in [2.24, 2.45) is 0 Å². The van der Waals surface area contributed by atoms with Crippen molar-refractivity contribution in [3.8, 4) is 17.1 Å². The Labute approximate surface area is 131 Å². The normalized spacial score (nSPS) is 10.8. The molecule has 0 bridgehead atoms. The van der Waals surface area contributed by atoms with Crippen LogP contribution in [0.3, 0.4) is 0 Å². The minimum atomic E-state index is 0.647. The van der Waals surface area contributed by atoms with Crippen molar-refractivity contribution < 1.29 is 0 Å². The van der Waals surface area contributed by atoms with Gasteiger partial charge in [-0.2, -0.15) is 5.10 Å². The molecule has 1 aromatic carbocycles. The zero-order chi connectivity index (χ0) is 15.0. The molecule has 0 aliphatic heterocycles. The molecule has 0 radical (unpaired) electrons. The first-order chi connectivity index (χ1) is 10.0. The van der Waals surface area contributed by atoms with E-state index in [2.05, 4.69) is 58.1 Å². The SMILES string of the molecule is Cc1ccc(C)c(-c2nn(-c3ccc(Br)cn3)cc2N)c1. The molecular weight excluding hydrogens is 328 g/mol. The second-order valence-electron chi connectivity index (χ2n) is 5.03. The van der Waals surface area contributed by atoms with Crippen molar-refractivity contribution in [1.29, 1.82) is 0 Å². The Morgan fingerprint density at radius 1 is 1.14 bits per heavy atom. The summed E-state index contributed by atoms with van der Waals surface area (Å²) in [6, 6.07) is 10.1. The second-order valence-corrected chi connectivity index (χ2v) is 5.95. The van der Waals surface area contributed by atoms with E-state index in [0.29, 0.717) is 5.69 Å². The van der Waals surface area contributed by atoms with E-state index in [-0.39, 0.29) is 0 Å². The van der Waals surface area contributed by atoms with Crippen LogP contribution in [-0.2, 0) is 0 Å². The van der Waals surface area contributed by atoms with Gasteiger partial charge >= 0.3 is 0 Å². The number of nitrogen functional groups attached to an aromatic ring is 1. The van der Waals surface area contributed by atoms with Crippen LogP contribution < -0.4 is 5.73 Å². The molecule has 3 aromatic rings. The molecule has 0 saturated carbocycles. The lowest BCUT2D eigenvalue weighted by molar-refractivity contribution is 0.849. The van der Waals surface area contributed by atoms with Crippen molar-refractivity contribution in [2.45, 2.75) is 13.8 Å². The summed E-state index contributed by atoms with van der Waals surface area (Å²) in [5.41, 5.74) is 11.0. The first-order valence-electron chi connectivity index (χ1n) is 6.59. The highest BCUT2D eigenvalue weighted by Gasteiger charge is 2.12. The first-order valence-corrected chi connectivity index (χ1v) is 7.38. The largest absolute Gasteiger partial charge is 0.396 e. The summed E-state index contributed by atoms with van der Waals surface area (Å²) in [5.74, 6) is 0.737. The molecule has 5 heteroatoms. The van der Waals surface area contributed by atoms with Gasteiger partial charge in [-0.05, 0) is 53.5 Å². The number of aryl methyl sites for hydroxylation is 2. The van der Waals surface area contributed by atoms with Crippen molar-refractivity contribution in [3.05, 3.63) is 58.3 Å². The van der Waals surface area contributed by atoms with Crippen molar-refractivity contribution in [2.75, 3.05) is 5.73 Å². The van der Waals surface area contributed by atoms with Gasteiger partial charge in [0.15, 0.2) is 5.82 Å². The van der Waals surface area contributed by atoms with E-state index < -0.39 is 0 Å². The van der Waals surface area contributed by atoms with Crippen LogP contribution in [0.4, 0.5) is 5.69 Å². The zero-order valence-corrected chi connectivity index (χ0v) is 13.4. The minimum Gasteiger partial charge on any atom is -0.396 e. The Bertz CT molecular complexity index is 791. The summed E-state index contributed by atoms with van der Waals surface area (Å²) >= 11 is 3.38. The van der Waals surface area contributed by atoms with Crippen molar-refractivity contribution in [1.82, 2.24) is 14.8 Å². The topological polar surface area (TPSA) is 56.7 Å². The Balaban J connectivity index is 2.09. The average molecular weight is 343 g/mol. The molecule has 0 fully saturated rings. The predicted octanol–water partition coefficient (Wildman–Crippen LogP) is 3.90. The van der Waals surface area contributed by atoms with E-state index in [1.807, 2.05) is 12.1 Å². The summed E-state index contributed by atoms with van der Waals surface area (Å²) in [7, 11) is 0. The van der Waals surface area contributed by atoms with Crippen LogP contribution in [0.15, 0.2) is 47.2 Å². The van der Waals surface area contributed by atoms with Crippen LogP contribution in [0.1, 0.15) is 11.1 Å². The zero-order valence-electron chi connectivity index (χ0n) is 11.8. The van der Waals surface area contributed by atoms with Gasteiger partial charge in [-0.15, -0.1) is 0 Å². The number of rotatable bonds is 2. The van der Waals surface area contributed by atoms with Crippen LogP contribution in [0.25, 0.3) is 17.1 Å². The molecule has 0 amide bonds. The third kappa shape index (κ3) is 2.69. The van der Waals surface area contributed by atoms with Gasteiger partial charge in [-0.3, -0.25) is 0 Å². The number of nitrogens with zero attached hydrogens (tertiary/aromatic N) is 3. The number of hydrogen-bond donors (Lipinski definition) is 1. The van der Waals surface area contributed by atoms with Gasteiger partial charge in [0, 0.05) is 16.2 Å². The van der Waals surface area contributed by atoms with Gasteiger partial charge in [0.1, 0.15) is 5.69 Å². The molecule has 2 heterocycles. The van der Waals surface area contributed by atoms with Gasteiger partial charge in [-0.1, -0.05) is 17.7 Å². The van der Waals surface area contributed by atoms with Gasteiger partial charge in [-0.25, -0.2) is 9.67 Å². The quantitative estimate of drug-likeness (QED) is 0.768. The minimum absolute atomic E-state index is 0.647. The molecule has 0 aliphatic carbocycles. The molecule has 0 spiro atoms. The maximum atomic E-state index is 6.14. The molecule has 21 heavy (non-hydrogen) atoms. The van der Waals surface area contributed by atoms with E-state index >= 15 is 0 Å². The van der Waals surface area contributed by atoms with Gasteiger partial charge in [0.05, 0.1) is 11.9 Å². The fourth-order valence-corrected chi connectivity index (χ4v) is 2.44. The van der Waals surface area contributed by atoms with Gasteiger partial charge < -0.3 is 5.73 Å². The van der Waals surface area contributed by atoms with E-state index in [0.717, 1.165) is 27.1 Å². The summed E-state index contributed by atoms with van der Waals surface area (Å²) in [6.45, 7) is 4.12. The van der Waals surface area contributed by atoms with Crippen molar-refractivity contribution in [3.63, 3.8) is 0 Å². The molecule has 0 saturated heterocycles. The lowest BCUT2D eigenvalue weighted by Gasteiger charge is -2.05. The summed E-state index contributed by atoms with van der Waals surface area (Å²) in [4.78, 5) is 4.33. The first kappa shape index (κ1) is 13.8. The Kier molecular flexibility index (Phi) is 3.51. The standard InChI is InChI=1S/C16H15BrN4/c1-10-3-4-11(2)13(7-10)16-14(18)9-21(20-16)15-6-5-12(17)8-19-15/h3-9H,18H2,1-2H3. The highest BCUT2D eigenvalue weighted by Crippen LogP contribution is 2.28. The van der Waals surface area contributed by atoms with Crippen molar-refractivity contribution >= 4 is 21.6 Å². The highest BCUT2D eigenvalue weighted by atomic mass is 79.9. The maximum Gasteiger partial charge on any atom is 0.153 e. The number of hydrogen-bond acceptors (Lipinski definition) is 3. The lowest BCUT2D eigenvalue weighted by atomic mass is 10.0. The summed E-state index contributed by atoms with van der Waals surface area (Å²) in [5, 5.41) is 4.60. The van der Waals surface area contributed by atoms with Crippen LogP contribution in [0, 0.1) is 13.8 Å². The van der Waals surface area contributed by atoms with Crippen LogP contribution >= 0.6 is 15.9 Å². The van der Waals surface area contributed by atoms with Crippen LogP contribution in [0.5, 0.6) is 0 Å². The molecule has 2 aromatic heterocycles. The summed E-state index contributed by atoms with van der Waals surface area (Å²) in [6.07, 6.45) is 3.54. The molecule has 0 unspecified atom stereocenters. The summed E-state index contributed by atoms with van der Waals surface area (Å²) < 4.78 is 2.64. The Morgan fingerprint density at radius 3 is 2.67 bits per heavy atom. The third-order valence-corrected chi connectivity index (χ3v) is 3.81. The molecule has 3 rings (SSSR count). The molecule has 106 valence electrons. The number of pyridine rings is 1. The molecule has 4 nitrogen and oxygen atoms in total. The van der Waals surface area contributed by atoms with Crippen LogP contribution in [0.2, 0.25) is 0 Å². The fourth-order valence-electron chi connectivity index (χ4n) is 2.21. The lowest BCUT2D eigenvalue weighted by Crippen LogP contribution is -1.98. The van der Waals surface area contributed by atoms with Gasteiger partial charge in [0.25, 0.3) is 0 Å². The number of anilines is 1. The Hall–Kier alpha value is -2.14. The maximum absolute atomic E-state index is 6.14. The van der Waals surface area contributed by atoms with E-state index in [1.165, 1.54) is 5.56 Å².